The van der Waals surface area contributed by atoms with E-state index in [-0.39, 0.29) is 40.9 Å². The second-order valence-corrected chi connectivity index (χ2v) is 11.0. The molecule has 3 aromatic rings. The molecule has 33 heavy (non-hydrogen) atoms. The van der Waals surface area contributed by atoms with E-state index in [2.05, 4.69) is 15.3 Å². The van der Waals surface area contributed by atoms with Gasteiger partial charge in [0.25, 0.3) is 0 Å². The number of ether oxygens (including phenoxy) is 1. The van der Waals surface area contributed by atoms with Crippen LogP contribution in [0, 0.1) is 0 Å². The van der Waals surface area contributed by atoms with Crippen molar-refractivity contribution in [3.05, 3.63) is 36.3 Å². The smallest absolute Gasteiger partial charge is 0.433 e. The lowest BCUT2D eigenvalue weighted by molar-refractivity contribution is -0.141. The number of fused-ring (bicyclic) bond motifs is 1. The van der Waals surface area contributed by atoms with E-state index >= 15 is 0 Å². The fourth-order valence-electron chi connectivity index (χ4n) is 3.10. The lowest BCUT2D eigenvalue weighted by Gasteiger charge is -2.21. The molecule has 3 rings (SSSR count). The van der Waals surface area contributed by atoms with Crippen molar-refractivity contribution in [1.82, 2.24) is 14.4 Å². The largest absolute Gasteiger partial charge is 0.495 e. The maximum atomic E-state index is 13.5. The van der Waals surface area contributed by atoms with Gasteiger partial charge in [0.15, 0.2) is 9.84 Å². The third-order valence-corrected chi connectivity index (χ3v) is 7.44. The van der Waals surface area contributed by atoms with Crippen LogP contribution in [0.2, 0.25) is 0 Å². The van der Waals surface area contributed by atoms with Crippen LogP contribution in [0.5, 0.6) is 5.75 Å². The van der Waals surface area contributed by atoms with Crippen molar-refractivity contribution in [1.29, 1.82) is 0 Å². The summed E-state index contributed by atoms with van der Waals surface area (Å²) in [4.78, 5) is 7.74. The SMILES string of the molecule is COc1cc2ncc(-c3cc(NCCCO)nc(C(F)(F)F)c3)n2cc1S(=O)(=O)C(C)(C)C. The van der Waals surface area contributed by atoms with Crippen molar-refractivity contribution in [2.45, 2.75) is 43.0 Å². The molecule has 12 heteroatoms. The van der Waals surface area contributed by atoms with Crippen LogP contribution in [0.1, 0.15) is 32.9 Å². The van der Waals surface area contributed by atoms with E-state index in [1.54, 1.807) is 20.8 Å². The second kappa shape index (κ2) is 8.82. The van der Waals surface area contributed by atoms with E-state index in [0.717, 1.165) is 6.07 Å². The summed E-state index contributed by atoms with van der Waals surface area (Å²) < 4.78 is 72.3. The van der Waals surface area contributed by atoms with Gasteiger partial charge in [0.05, 0.1) is 23.7 Å². The van der Waals surface area contributed by atoms with Crippen LogP contribution in [0.25, 0.3) is 16.9 Å². The summed E-state index contributed by atoms with van der Waals surface area (Å²) in [7, 11) is -2.51. The highest BCUT2D eigenvalue weighted by Gasteiger charge is 2.35. The number of aromatic nitrogens is 3. The Labute approximate surface area is 189 Å². The highest BCUT2D eigenvalue weighted by Crippen LogP contribution is 2.36. The number of imidazole rings is 1. The van der Waals surface area contributed by atoms with Crippen LogP contribution in [-0.2, 0) is 16.0 Å². The molecule has 0 saturated carbocycles. The number of rotatable bonds is 7. The Morgan fingerprint density at radius 3 is 2.45 bits per heavy atom. The Hall–Kier alpha value is -2.86. The minimum Gasteiger partial charge on any atom is -0.495 e. The van der Waals surface area contributed by atoms with Crippen LogP contribution in [-0.4, -0.2) is 52.9 Å². The van der Waals surface area contributed by atoms with Gasteiger partial charge in [0.2, 0.25) is 0 Å². The molecule has 0 atom stereocenters. The molecule has 0 aliphatic heterocycles. The number of nitrogens with one attached hydrogen (secondary N) is 1. The van der Waals surface area contributed by atoms with Gasteiger partial charge in [-0.05, 0) is 39.3 Å². The van der Waals surface area contributed by atoms with Crippen LogP contribution in [0.15, 0.2) is 35.5 Å². The Morgan fingerprint density at radius 1 is 1.18 bits per heavy atom. The summed E-state index contributed by atoms with van der Waals surface area (Å²) in [6.45, 7) is 4.73. The minimum atomic E-state index is -4.70. The van der Waals surface area contributed by atoms with Crippen molar-refractivity contribution in [2.75, 3.05) is 25.6 Å². The van der Waals surface area contributed by atoms with Gasteiger partial charge in [-0.15, -0.1) is 0 Å². The predicted molar refractivity (Wildman–Crippen MR) is 117 cm³/mol. The standard InChI is InChI=1S/C21H25F3N4O4S/c1-20(2,3)33(30,31)16-12-28-14(11-26-19(28)10-15(16)32-4)13-8-17(21(22,23)24)27-18(9-13)25-6-5-7-29/h8-12,29H,5-7H2,1-4H3,(H,25,27). The van der Waals surface area contributed by atoms with Crippen molar-refractivity contribution in [3.63, 3.8) is 0 Å². The highest BCUT2D eigenvalue weighted by molar-refractivity contribution is 7.92. The molecule has 0 amide bonds. The third kappa shape index (κ3) is 4.91. The molecular formula is C21H25F3N4O4S. The first-order chi connectivity index (χ1) is 15.3. The highest BCUT2D eigenvalue weighted by atomic mass is 32.2. The first-order valence-electron chi connectivity index (χ1n) is 10.0. The number of hydrogen-bond donors (Lipinski definition) is 2. The monoisotopic (exact) mass is 486 g/mol. The fourth-order valence-corrected chi connectivity index (χ4v) is 4.41. The number of alkyl halides is 3. The van der Waals surface area contributed by atoms with E-state index in [1.807, 2.05) is 0 Å². The number of nitrogens with zero attached hydrogens (tertiary/aromatic N) is 3. The Balaban J connectivity index is 2.24. The maximum absolute atomic E-state index is 13.5. The van der Waals surface area contributed by atoms with Crippen LogP contribution in [0.4, 0.5) is 19.0 Å². The molecule has 0 saturated heterocycles. The van der Waals surface area contributed by atoms with E-state index in [1.165, 1.54) is 36.0 Å². The van der Waals surface area contributed by atoms with Crippen molar-refractivity contribution in [3.8, 4) is 17.0 Å². The molecule has 0 radical (unpaired) electrons. The average molecular weight is 487 g/mol. The zero-order valence-electron chi connectivity index (χ0n) is 18.6. The predicted octanol–water partition coefficient (Wildman–Crippen LogP) is 3.79. The summed E-state index contributed by atoms with van der Waals surface area (Å²) in [5.41, 5.74) is -0.427. The van der Waals surface area contributed by atoms with Gasteiger partial charge >= 0.3 is 6.18 Å². The molecule has 0 aliphatic rings. The second-order valence-electron chi connectivity index (χ2n) is 8.32. The molecule has 0 bridgehead atoms. The van der Waals surface area contributed by atoms with Gasteiger partial charge < -0.3 is 15.2 Å². The number of methoxy groups -OCH3 is 1. The lowest BCUT2D eigenvalue weighted by atomic mass is 10.1. The van der Waals surface area contributed by atoms with Gasteiger partial charge in [-0.3, -0.25) is 4.40 Å². The van der Waals surface area contributed by atoms with Gasteiger partial charge in [-0.2, -0.15) is 13.2 Å². The zero-order chi connectivity index (χ0) is 24.6. The van der Waals surface area contributed by atoms with E-state index in [0.29, 0.717) is 12.1 Å². The molecule has 3 heterocycles. The first kappa shape index (κ1) is 24.8. The Morgan fingerprint density at radius 2 is 1.88 bits per heavy atom. The lowest BCUT2D eigenvalue weighted by Crippen LogP contribution is -2.28. The minimum absolute atomic E-state index is 0.0285. The third-order valence-electron chi connectivity index (χ3n) is 4.94. The van der Waals surface area contributed by atoms with Crippen molar-refractivity contribution in [2.24, 2.45) is 0 Å². The van der Waals surface area contributed by atoms with Crippen molar-refractivity contribution >= 4 is 21.3 Å². The number of pyridine rings is 2. The number of halogens is 3. The van der Waals surface area contributed by atoms with E-state index < -0.39 is 26.5 Å². The van der Waals surface area contributed by atoms with Crippen LogP contribution in [0.3, 0.4) is 0 Å². The molecule has 0 unspecified atom stereocenters. The molecule has 0 aromatic carbocycles. The molecule has 180 valence electrons. The number of hydrogen-bond acceptors (Lipinski definition) is 7. The average Bonchev–Trinajstić information content (AvgIpc) is 3.14. The van der Waals surface area contributed by atoms with E-state index in [9.17, 15) is 21.6 Å². The first-order valence-corrected chi connectivity index (χ1v) is 11.5. The molecule has 3 aromatic heterocycles. The quantitative estimate of drug-likeness (QED) is 0.490. The summed E-state index contributed by atoms with van der Waals surface area (Å²) >= 11 is 0. The van der Waals surface area contributed by atoms with Crippen molar-refractivity contribution < 1.29 is 31.4 Å². The normalized spacial score (nSPS) is 12.8. The number of sulfone groups is 1. The van der Waals surface area contributed by atoms with Crippen LogP contribution < -0.4 is 10.1 Å². The van der Waals surface area contributed by atoms with Gasteiger partial charge in [-0.25, -0.2) is 18.4 Å². The van der Waals surface area contributed by atoms with Crippen LogP contribution >= 0.6 is 0 Å². The summed E-state index contributed by atoms with van der Waals surface area (Å²) in [6.07, 6.45) is -1.70. The Bertz CT molecular complexity index is 1260. The van der Waals surface area contributed by atoms with Gasteiger partial charge in [-0.1, -0.05) is 0 Å². The Kier molecular flexibility index (Phi) is 6.62. The van der Waals surface area contributed by atoms with Gasteiger partial charge in [0.1, 0.15) is 27.8 Å². The van der Waals surface area contributed by atoms with E-state index in [4.69, 9.17) is 9.84 Å². The molecular weight excluding hydrogens is 461 g/mol. The fraction of sp³-hybridized carbons (Fsp3) is 0.429. The topological polar surface area (TPSA) is 106 Å². The maximum Gasteiger partial charge on any atom is 0.433 e. The molecule has 8 nitrogen and oxygen atoms in total. The summed E-state index contributed by atoms with van der Waals surface area (Å²) in [5.74, 6) is 0.0610. The molecule has 0 fully saturated rings. The summed E-state index contributed by atoms with van der Waals surface area (Å²) in [5, 5.41) is 11.7. The molecule has 2 N–H and O–H groups in total. The number of aliphatic hydroxyl groups excluding tert-OH is 1. The number of anilines is 1. The molecule has 0 aliphatic carbocycles. The van der Waals surface area contributed by atoms with Gasteiger partial charge in [0, 0.05) is 31.0 Å². The zero-order valence-corrected chi connectivity index (χ0v) is 19.4. The molecule has 0 spiro atoms. The number of aliphatic hydroxyl groups is 1. The summed E-state index contributed by atoms with van der Waals surface area (Å²) in [6, 6.07) is 3.72.